The maximum Gasteiger partial charge on any atom is 0.00613 e. The summed E-state index contributed by atoms with van der Waals surface area (Å²) in [6.45, 7) is 6.71. The molecule has 0 aromatic heterocycles. The lowest BCUT2D eigenvalue weighted by Crippen LogP contribution is -2.35. The van der Waals surface area contributed by atoms with E-state index in [1.807, 2.05) is 0 Å². The lowest BCUT2D eigenvalue weighted by molar-refractivity contribution is 0.192. The molecule has 0 aromatic rings. The normalized spacial score (nSPS) is 29.8. The van der Waals surface area contributed by atoms with Crippen LogP contribution in [0.2, 0.25) is 0 Å². The van der Waals surface area contributed by atoms with Crippen LogP contribution >= 0.6 is 0 Å². The molecule has 0 aromatic carbocycles. The summed E-state index contributed by atoms with van der Waals surface area (Å²) in [6.07, 6.45) is 5.38. The van der Waals surface area contributed by atoms with E-state index in [9.17, 15) is 0 Å². The third-order valence-electron chi connectivity index (χ3n) is 3.99. The number of nitrogens with zero attached hydrogens (tertiary/aromatic N) is 1. The van der Waals surface area contributed by atoms with Crippen LogP contribution in [0.1, 0.15) is 39.5 Å². The summed E-state index contributed by atoms with van der Waals surface area (Å²) in [4.78, 5) is 2.50. The van der Waals surface area contributed by atoms with Gasteiger partial charge in [0.15, 0.2) is 0 Å². The highest BCUT2D eigenvalue weighted by Crippen LogP contribution is 2.31. The molecule has 1 saturated carbocycles. The maximum absolute atomic E-state index is 5.79. The molecule has 1 aliphatic rings. The summed E-state index contributed by atoms with van der Waals surface area (Å²) in [5.74, 6) is 1.65. The Labute approximate surface area is 88.8 Å². The third kappa shape index (κ3) is 2.96. The van der Waals surface area contributed by atoms with Gasteiger partial charge in [-0.05, 0) is 51.6 Å². The Morgan fingerprint density at radius 3 is 2.57 bits per heavy atom. The summed E-state index contributed by atoms with van der Waals surface area (Å²) in [5.41, 5.74) is 5.79. The highest BCUT2D eigenvalue weighted by atomic mass is 15.1. The van der Waals surface area contributed by atoms with E-state index < -0.39 is 0 Å². The zero-order chi connectivity index (χ0) is 10.6. The number of nitrogens with two attached hydrogens (primary N) is 1. The standard InChI is InChI=1S/C12H26N2/c1-4-10(2)14(3)9-12-7-5-6-11(12)8-13/h10-12H,4-9,13H2,1-3H3. The van der Waals surface area contributed by atoms with Crippen LogP contribution in [0.5, 0.6) is 0 Å². The van der Waals surface area contributed by atoms with Crippen molar-refractivity contribution in [2.24, 2.45) is 17.6 Å². The monoisotopic (exact) mass is 198 g/mol. The van der Waals surface area contributed by atoms with E-state index in [1.54, 1.807) is 0 Å². The average molecular weight is 198 g/mol. The smallest absolute Gasteiger partial charge is 0.00613 e. The SMILES string of the molecule is CCC(C)N(C)CC1CCCC1CN. The van der Waals surface area contributed by atoms with Crippen molar-refractivity contribution >= 4 is 0 Å². The Balaban J connectivity index is 2.35. The number of hydrogen-bond donors (Lipinski definition) is 1. The predicted molar refractivity (Wildman–Crippen MR) is 62.3 cm³/mol. The van der Waals surface area contributed by atoms with Crippen LogP contribution in [0.4, 0.5) is 0 Å². The fourth-order valence-electron chi connectivity index (χ4n) is 2.53. The molecule has 1 fully saturated rings. The minimum absolute atomic E-state index is 0.717. The van der Waals surface area contributed by atoms with Gasteiger partial charge in [0.25, 0.3) is 0 Å². The first-order valence-corrected chi connectivity index (χ1v) is 6.09. The predicted octanol–water partition coefficient (Wildman–Crippen LogP) is 2.09. The number of hydrogen-bond acceptors (Lipinski definition) is 2. The molecule has 14 heavy (non-hydrogen) atoms. The first kappa shape index (κ1) is 12.0. The second kappa shape index (κ2) is 5.72. The van der Waals surface area contributed by atoms with Gasteiger partial charge in [0, 0.05) is 12.6 Å². The Bertz CT molecular complexity index is 158. The molecule has 0 heterocycles. The summed E-state index contributed by atoms with van der Waals surface area (Å²) in [5, 5.41) is 0. The molecule has 0 amide bonds. The zero-order valence-electron chi connectivity index (χ0n) is 10.00. The molecule has 3 atom stereocenters. The minimum Gasteiger partial charge on any atom is -0.330 e. The highest BCUT2D eigenvalue weighted by Gasteiger charge is 2.27. The van der Waals surface area contributed by atoms with E-state index in [4.69, 9.17) is 5.73 Å². The van der Waals surface area contributed by atoms with Crippen LogP contribution in [0.3, 0.4) is 0 Å². The van der Waals surface area contributed by atoms with Gasteiger partial charge in [-0.25, -0.2) is 0 Å². The topological polar surface area (TPSA) is 29.3 Å². The summed E-state index contributed by atoms with van der Waals surface area (Å²) in [6, 6.07) is 0.717. The Kier molecular flexibility index (Phi) is 4.90. The van der Waals surface area contributed by atoms with Gasteiger partial charge in [0.1, 0.15) is 0 Å². The Morgan fingerprint density at radius 1 is 1.36 bits per heavy atom. The van der Waals surface area contributed by atoms with Crippen molar-refractivity contribution in [3.63, 3.8) is 0 Å². The van der Waals surface area contributed by atoms with Gasteiger partial charge < -0.3 is 10.6 Å². The van der Waals surface area contributed by atoms with E-state index in [-0.39, 0.29) is 0 Å². The van der Waals surface area contributed by atoms with Crippen LogP contribution in [0.15, 0.2) is 0 Å². The molecule has 0 bridgehead atoms. The average Bonchev–Trinajstić information content (AvgIpc) is 2.63. The fraction of sp³-hybridized carbons (Fsp3) is 1.00. The van der Waals surface area contributed by atoms with Crippen molar-refractivity contribution in [3.8, 4) is 0 Å². The summed E-state index contributed by atoms with van der Waals surface area (Å²) >= 11 is 0. The lowest BCUT2D eigenvalue weighted by atomic mass is 9.95. The van der Waals surface area contributed by atoms with E-state index in [0.717, 1.165) is 18.4 Å². The quantitative estimate of drug-likeness (QED) is 0.733. The van der Waals surface area contributed by atoms with E-state index in [0.29, 0.717) is 6.04 Å². The molecule has 2 N–H and O–H groups in total. The van der Waals surface area contributed by atoms with Gasteiger partial charge in [0.2, 0.25) is 0 Å². The van der Waals surface area contributed by atoms with Crippen LogP contribution in [0, 0.1) is 11.8 Å². The van der Waals surface area contributed by atoms with Gasteiger partial charge in [-0.3, -0.25) is 0 Å². The molecule has 1 rings (SSSR count). The van der Waals surface area contributed by atoms with E-state index in [2.05, 4.69) is 25.8 Å². The van der Waals surface area contributed by atoms with Crippen LogP contribution in [0.25, 0.3) is 0 Å². The molecule has 2 nitrogen and oxygen atoms in total. The lowest BCUT2D eigenvalue weighted by Gasteiger charge is -2.29. The molecular formula is C12H26N2. The Hall–Kier alpha value is -0.0800. The zero-order valence-corrected chi connectivity index (χ0v) is 10.00. The van der Waals surface area contributed by atoms with E-state index in [1.165, 1.54) is 32.2 Å². The molecule has 0 saturated heterocycles. The molecule has 3 unspecified atom stereocenters. The van der Waals surface area contributed by atoms with Crippen molar-refractivity contribution in [3.05, 3.63) is 0 Å². The Morgan fingerprint density at radius 2 is 2.00 bits per heavy atom. The van der Waals surface area contributed by atoms with Crippen molar-refractivity contribution in [1.82, 2.24) is 4.90 Å². The fourth-order valence-corrected chi connectivity index (χ4v) is 2.53. The molecule has 0 aliphatic heterocycles. The summed E-state index contributed by atoms with van der Waals surface area (Å²) in [7, 11) is 2.25. The third-order valence-corrected chi connectivity index (χ3v) is 3.99. The van der Waals surface area contributed by atoms with Gasteiger partial charge >= 0.3 is 0 Å². The number of rotatable bonds is 5. The van der Waals surface area contributed by atoms with Crippen LogP contribution in [-0.4, -0.2) is 31.1 Å². The van der Waals surface area contributed by atoms with Crippen molar-refractivity contribution in [2.75, 3.05) is 20.1 Å². The maximum atomic E-state index is 5.79. The second-order valence-electron chi connectivity index (χ2n) is 4.88. The first-order chi connectivity index (χ1) is 6.69. The van der Waals surface area contributed by atoms with Crippen molar-refractivity contribution in [2.45, 2.75) is 45.6 Å². The van der Waals surface area contributed by atoms with Crippen molar-refractivity contribution < 1.29 is 0 Å². The molecule has 1 aliphatic carbocycles. The minimum atomic E-state index is 0.717. The molecule has 0 radical (unpaired) electrons. The molecular weight excluding hydrogens is 172 g/mol. The van der Waals surface area contributed by atoms with Crippen LogP contribution < -0.4 is 5.73 Å². The second-order valence-corrected chi connectivity index (χ2v) is 4.88. The van der Waals surface area contributed by atoms with Crippen molar-refractivity contribution in [1.29, 1.82) is 0 Å². The van der Waals surface area contributed by atoms with Gasteiger partial charge in [-0.2, -0.15) is 0 Å². The van der Waals surface area contributed by atoms with Gasteiger partial charge in [-0.15, -0.1) is 0 Å². The highest BCUT2D eigenvalue weighted by molar-refractivity contribution is 4.80. The van der Waals surface area contributed by atoms with Gasteiger partial charge in [-0.1, -0.05) is 13.3 Å². The first-order valence-electron chi connectivity index (χ1n) is 6.09. The van der Waals surface area contributed by atoms with E-state index >= 15 is 0 Å². The largest absolute Gasteiger partial charge is 0.330 e. The molecule has 0 spiro atoms. The molecule has 2 heteroatoms. The van der Waals surface area contributed by atoms with Crippen LogP contribution in [-0.2, 0) is 0 Å². The van der Waals surface area contributed by atoms with Gasteiger partial charge in [0.05, 0.1) is 0 Å². The summed E-state index contributed by atoms with van der Waals surface area (Å²) < 4.78 is 0. The molecule has 84 valence electrons.